The van der Waals surface area contributed by atoms with Crippen molar-refractivity contribution in [2.24, 2.45) is 0 Å². The molecule has 82 valence electrons. The molecular formula is C9H6ClN3O3. The number of nitrogens with zero attached hydrogens (tertiary/aromatic N) is 2. The number of aromatic amines is 1. The Hall–Kier alpha value is -1.82. The normalized spacial score (nSPS) is 13.8. The van der Waals surface area contributed by atoms with Crippen molar-refractivity contribution in [1.82, 2.24) is 14.5 Å². The number of hydrogen-bond acceptors (Lipinski definition) is 4. The molecule has 0 saturated carbocycles. The number of rotatable bonds is 0. The van der Waals surface area contributed by atoms with Crippen molar-refractivity contribution in [3.05, 3.63) is 32.1 Å². The molecule has 3 heterocycles. The Labute approximate surface area is 93.4 Å². The van der Waals surface area contributed by atoms with Gasteiger partial charge in [0, 0.05) is 6.07 Å². The minimum Gasteiger partial charge on any atom is -0.489 e. The molecule has 0 spiro atoms. The molecular weight excluding hydrogens is 234 g/mol. The van der Waals surface area contributed by atoms with E-state index >= 15 is 0 Å². The van der Waals surface area contributed by atoms with Gasteiger partial charge in [0.1, 0.15) is 23.0 Å². The van der Waals surface area contributed by atoms with Gasteiger partial charge in [0.25, 0.3) is 5.56 Å². The number of pyridine rings is 1. The second-order valence-corrected chi connectivity index (χ2v) is 3.79. The van der Waals surface area contributed by atoms with Gasteiger partial charge in [-0.3, -0.25) is 14.3 Å². The van der Waals surface area contributed by atoms with Crippen molar-refractivity contribution in [2.75, 3.05) is 6.61 Å². The molecule has 1 N–H and O–H groups in total. The standard InChI is InChI=1S/C9H6ClN3O3/c10-5-3-4-7-6(11-5)8(14)12-9(15)13(7)1-2-16-4/h3H,1-2H2,(H,12,14,15). The first-order valence-corrected chi connectivity index (χ1v) is 5.01. The fourth-order valence-electron chi connectivity index (χ4n) is 1.80. The molecule has 0 unspecified atom stereocenters. The molecule has 1 aliphatic rings. The van der Waals surface area contributed by atoms with Crippen molar-refractivity contribution < 1.29 is 4.74 Å². The molecule has 7 heteroatoms. The Morgan fingerprint density at radius 1 is 1.50 bits per heavy atom. The predicted molar refractivity (Wildman–Crippen MR) is 57.1 cm³/mol. The van der Waals surface area contributed by atoms with E-state index < -0.39 is 11.2 Å². The van der Waals surface area contributed by atoms with Crippen LogP contribution in [0.3, 0.4) is 0 Å². The van der Waals surface area contributed by atoms with Crippen LogP contribution in [-0.4, -0.2) is 21.1 Å². The lowest BCUT2D eigenvalue weighted by atomic mass is 10.3. The molecule has 0 fully saturated rings. The second-order valence-electron chi connectivity index (χ2n) is 3.40. The van der Waals surface area contributed by atoms with Gasteiger partial charge < -0.3 is 4.74 Å². The molecule has 3 rings (SSSR count). The van der Waals surface area contributed by atoms with E-state index in [9.17, 15) is 9.59 Å². The quantitative estimate of drug-likeness (QED) is 0.663. The van der Waals surface area contributed by atoms with Gasteiger partial charge in [0.05, 0.1) is 6.54 Å². The lowest BCUT2D eigenvalue weighted by Gasteiger charge is -2.18. The van der Waals surface area contributed by atoms with E-state index in [0.717, 1.165) is 0 Å². The van der Waals surface area contributed by atoms with Gasteiger partial charge in [-0.1, -0.05) is 11.6 Å². The number of aromatic nitrogens is 3. The number of hydrogen-bond donors (Lipinski definition) is 1. The predicted octanol–water partition coefficient (Wildman–Crippen LogP) is 0.131. The van der Waals surface area contributed by atoms with E-state index in [1.807, 2.05) is 0 Å². The van der Waals surface area contributed by atoms with Gasteiger partial charge in [-0.15, -0.1) is 0 Å². The summed E-state index contributed by atoms with van der Waals surface area (Å²) in [5.41, 5.74) is -0.470. The molecule has 0 atom stereocenters. The summed E-state index contributed by atoms with van der Waals surface area (Å²) in [4.78, 5) is 29.2. The van der Waals surface area contributed by atoms with Gasteiger partial charge in [-0.25, -0.2) is 9.78 Å². The molecule has 0 saturated heterocycles. The first kappa shape index (κ1) is 9.41. The van der Waals surface area contributed by atoms with Crippen LogP contribution >= 0.6 is 11.6 Å². The van der Waals surface area contributed by atoms with Crippen LogP contribution in [0.2, 0.25) is 5.15 Å². The maximum Gasteiger partial charge on any atom is 0.329 e. The van der Waals surface area contributed by atoms with Crippen LogP contribution in [-0.2, 0) is 6.54 Å². The molecule has 0 amide bonds. The maximum atomic E-state index is 11.6. The molecule has 1 aliphatic heterocycles. The van der Waals surface area contributed by atoms with E-state index in [0.29, 0.717) is 24.4 Å². The highest BCUT2D eigenvalue weighted by atomic mass is 35.5. The number of H-pyrrole nitrogens is 1. The lowest BCUT2D eigenvalue weighted by Crippen LogP contribution is -2.34. The minimum atomic E-state index is -0.550. The topological polar surface area (TPSA) is 77.0 Å². The average molecular weight is 240 g/mol. The van der Waals surface area contributed by atoms with E-state index in [1.165, 1.54) is 10.6 Å². The molecule has 16 heavy (non-hydrogen) atoms. The van der Waals surface area contributed by atoms with Crippen molar-refractivity contribution in [1.29, 1.82) is 0 Å². The number of nitrogens with one attached hydrogen (secondary N) is 1. The Morgan fingerprint density at radius 2 is 2.31 bits per heavy atom. The van der Waals surface area contributed by atoms with Crippen LogP contribution in [0.4, 0.5) is 0 Å². The van der Waals surface area contributed by atoms with Crippen molar-refractivity contribution >= 4 is 22.6 Å². The first-order chi connectivity index (χ1) is 7.66. The summed E-state index contributed by atoms with van der Waals surface area (Å²) in [7, 11) is 0. The summed E-state index contributed by atoms with van der Waals surface area (Å²) in [5, 5.41) is 0.167. The van der Waals surface area contributed by atoms with Crippen LogP contribution in [0.15, 0.2) is 15.7 Å². The second kappa shape index (κ2) is 3.08. The fraction of sp³-hybridized carbons (Fsp3) is 0.222. The van der Waals surface area contributed by atoms with Gasteiger partial charge in [0.15, 0.2) is 5.52 Å². The van der Waals surface area contributed by atoms with E-state index in [4.69, 9.17) is 16.3 Å². The summed E-state index contributed by atoms with van der Waals surface area (Å²) < 4.78 is 6.78. The number of halogens is 1. The highest BCUT2D eigenvalue weighted by molar-refractivity contribution is 6.30. The van der Waals surface area contributed by atoms with Gasteiger partial charge in [0.2, 0.25) is 0 Å². The Balaban J connectivity index is 2.64. The van der Waals surface area contributed by atoms with Crippen molar-refractivity contribution in [3.8, 4) is 5.75 Å². The first-order valence-electron chi connectivity index (χ1n) is 4.63. The smallest absolute Gasteiger partial charge is 0.329 e. The highest BCUT2D eigenvalue weighted by Gasteiger charge is 2.18. The van der Waals surface area contributed by atoms with Gasteiger partial charge in [-0.2, -0.15) is 0 Å². The fourth-order valence-corrected chi connectivity index (χ4v) is 1.98. The molecule has 6 nitrogen and oxygen atoms in total. The Kier molecular flexibility index (Phi) is 1.81. The zero-order valence-corrected chi connectivity index (χ0v) is 8.74. The zero-order valence-electron chi connectivity index (χ0n) is 7.99. The molecule has 0 aliphatic carbocycles. The van der Waals surface area contributed by atoms with Crippen LogP contribution in [0.25, 0.3) is 11.0 Å². The molecule has 2 aromatic heterocycles. The van der Waals surface area contributed by atoms with Crippen LogP contribution < -0.4 is 16.0 Å². The van der Waals surface area contributed by atoms with Crippen LogP contribution in [0, 0.1) is 0 Å². The Bertz CT molecular complexity index is 703. The maximum absolute atomic E-state index is 11.6. The summed E-state index contributed by atoms with van der Waals surface area (Å²) in [6.07, 6.45) is 0. The van der Waals surface area contributed by atoms with Gasteiger partial charge >= 0.3 is 5.69 Å². The Morgan fingerprint density at radius 3 is 3.12 bits per heavy atom. The molecule has 0 radical (unpaired) electrons. The molecule has 0 bridgehead atoms. The van der Waals surface area contributed by atoms with Crippen LogP contribution in [0.5, 0.6) is 5.75 Å². The van der Waals surface area contributed by atoms with Crippen molar-refractivity contribution in [2.45, 2.75) is 6.54 Å². The zero-order chi connectivity index (χ0) is 11.3. The van der Waals surface area contributed by atoms with Crippen LogP contribution in [0.1, 0.15) is 0 Å². The minimum absolute atomic E-state index is 0.127. The monoisotopic (exact) mass is 239 g/mol. The third kappa shape index (κ3) is 1.16. The SMILES string of the molecule is O=c1[nH]c(=O)n2c3c(cc(Cl)nc13)OCC2. The molecule has 2 aromatic rings. The van der Waals surface area contributed by atoms with Gasteiger partial charge in [-0.05, 0) is 0 Å². The number of ether oxygens (including phenoxy) is 1. The average Bonchev–Trinajstić information content (AvgIpc) is 2.25. The highest BCUT2D eigenvalue weighted by Crippen LogP contribution is 2.26. The van der Waals surface area contributed by atoms with Crippen molar-refractivity contribution in [3.63, 3.8) is 0 Å². The largest absolute Gasteiger partial charge is 0.489 e. The summed E-state index contributed by atoms with van der Waals surface area (Å²) in [5.74, 6) is 0.421. The van der Waals surface area contributed by atoms with E-state index in [-0.39, 0.29) is 10.7 Å². The third-order valence-corrected chi connectivity index (χ3v) is 2.64. The third-order valence-electron chi connectivity index (χ3n) is 2.45. The van der Waals surface area contributed by atoms with E-state index in [1.54, 1.807) is 0 Å². The lowest BCUT2D eigenvalue weighted by molar-refractivity contribution is 0.282. The summed E-state index contributed by atoms with van der Waals surface area (Å²) >= 11 is 5.76. The summed E-state index contributed by atoms with van der Waals surface area (Å²) in [6, 6.07) is 1.50. The van der Waals surface area contributed by atoms with E-state index in [2.05, 4.69) is 9.97 Å². The molecule has 0 aromatic carbocycles. The summed E-state index contributed by atoms with van der Waals surface area (Å²) in [6.45, 7) is 0.761.